The first-order chi connectivity index (χ1) is 16.4. The zero-order valence-corrected chi connectivity index (χ0v) is 19.4. The van der Waals surface area contributed by atoms with Crippen molar-refractivity contribution in [2.75, 3.05) is 33.8 Å². The van der Waals surface area contributed by atoms with Crippen LogP contribution in [0.4, 0.5) is 0 Å². The van der Waals surface area contributed by atoms with Gasteiger partial charge in [0.2, 0.25) is 5.78 Å². The zero-order chi connectivity index (χ0) is 24.2. The fourth-order valence-corrected chi connectivity index (χ4v) is 4.18. The van der Waals surface area contributed by atoms with E-state index in [0.717, 1.165) is 11.9 Å². The number of Topliss-reactive ketones (excluding diaryl/α,β-unsaturated/α-hetero) is 1. The first-order valence-corrected chi connectivity index (χ1v) is 11.2. The Balaban J connectivity index is 1.74. The van der Waals surface area contributed by atoms with Crippen LogP contribution in [-0.4, -0.2) is 60.4 Å². The van der Waals surface area contributed by atoms with E-state index < -0.39 is 23.5 Å². The van der Waals surface area contributed by atoms with Crippen molar-refractivity contribution in [1.29, 1.82) is 0 Å². The summed E-state index contributed by atoms with van der Waals surface area (Å²) in [7, 11) is 3.91. The van der Waals surface area contributed by atoms with Gasteiger partial charge >= 0.3 is 0 Å². The number of aliphatic hydroxyl groups is 1. The van der Waals surface area contributed by atoms with Crippen LogP contribution in [0.15, 0.2) is 83.0 Å². The van der Waals surface area contributed by atoms with E-state index in [1.807, 2.05) is 43.3 Å². The molecule has 7 heteroatoms. The van der Waals surface area contributed by atoms with Crippen molar-refractivity contribution >= 4 is 22.7 Å². The second-order valence-corrected chi connectivity index (χ2v) is 8.47. The summed E-state index contributed by atoms with van der Waals surface area (Å²) in [6.45, 7) is 5.12. The smallest absolute Gasteiger partial charge is 0.290 e. The third kappa shape index (κ3) is 4.61. The summed E-state index contributed by atoms with van der Waals surface area (Å²) < 4.78 is 11.4. The van der Waals surface area contributed by atoms with Gasteiger partial charge in [0, 0.05) is 11.9 Å². The number of para-hydroxylation sites is 1. The molecule has 1 N–H and O–H groups in total. The number of carbonyl (C=O) groups is 2. The topological polar surface area (TPSA) is 83.2 Å². The number of hydrogen-bond acceptors (Lipinski definition) is 6. The lowest BCUT2D eigenvalue weighted by atomic mass is 9.94. The molecule has 0 bridgehead atoms. The molecule has 0 saturated carbocycles. The molecule has 2 heterocycles. The van der Waals surface area contributed by atoms with Crippen molar-refractivity contribution in [3.63, 3.8) is 0 Å². The summed E-state index contributed by atoms with van der Waals surface area (Å²) in [5, 5.41) is 11.6. The molecule has 0 radical (unpaired) electrons. The van der Waals surface area contributed by atoms with Crippen LogP contribution in [0.2, 0.25) is 0 Å². The van der Waals surface area contributed by atoms with Gasteiger partial charge in [-0.15, -0.1) is 0 Å². The van der Waals surface area contributed by atoms with Gasteiger partial charge in [0.25, 0.3) is 5.91 Å². The Morgan fingerprint density at radius 2 is 2.00 bits per heavy atom. The van der Waals surface area contributed by atoms with Gasteiger partial charge in [-0.3, -0.25) is 9.59 Å². The van der Waals surface area contributed by atoms with E-state index in [-0.39, 0.29) is 11.3 Å². The van der Waals surface area contributed by atoms with Crippen LogP contribution < -0.4 is 4.74 Å². The number of aliphatic hydroxyl groups excluding tert-OH is 1. The third-order valence-corrected chi connectivity index (χ3v) is 5.74. The predicted molar refractivity (Wildman–Crippen MR) is 130 cm³/mol. The average molecular weight is 461 g/mol. The molecule has 3 aromatic rings. The van der Waals surface area contributed by atoms with Gasteiger partial charge in [-0.1, -0.05) is 43.0 Å². The molecule has 1 aliphatic rings. The van der Waals surface area contributed by atoms with Gasteiger partial charge in [0.05, 0.1) is 11.6 Å². The molecule has 0 fully saturated rings. The molecule has 2 aromatic carbocycles. The molecule has 1 aromatic heterocycles. The van der Waals surface area contributed by atoms with E-state index >= 15 is 0 Å². The quantitative estimate of drug-likeness (QED) is 0.354. The summed E-state index contributed by atoms with van der Waals surface area (Å²) in [5.74, 6) is -0.965. The lowest BCUT2D eigenvalue weighted by molar-refractivity contribution is -0.129. The summed E-state index contributed by atoms with van der Waals surface area (Å²) in [5.41, 5.74) is 1.24. The number of hydrogen-bond donors (Lipinski definition) is 1. The molecule has 34 heavy (non-hydrogen) atoms. The van der Waals surface area contributed by atoms with Gasteiger partial charge in [-0.2, -0.15) is 0 Å². The van der Waals surface area contributed by atoms with Crippen molar-refractivity contribution in [2.24, 2.45) is 0 Å². The molecular formula is C27H28N2O5. The van der Waals surface area contributed by atoms with E-state index in [1.165, 1.54) is 0 Å². The molecule has 1 atom stereocenters. The number of rotatable bonds is 10. The fourth-order valence-electron chi connectivity index (χ4n) is 4.18. The van der Waals surface area contributed by atoms with E-state index in [4.69, 9.17) is 9.15 Å². The van der Waals surface area contributed by atoms with Gasteiger partial charge in [0.15, 0.2) is 11.5 Å². The maximum absolute atomic E-state index is 13.6. The molecule has 1 unspecified atom stereocenters. The Hall–Kier alpha value is -3.84. The molecule has 0 saturated heterocycles. The molecule has 176 valence electrons. The van der Waals surface area contributed by atoms with Gasteiger partial charge < -0.3 is 24.1 Å². The van der Waals surface area contributed by atoms with Crippen molar-refractivity contribution in [1.82, 2.24) is 9.80 Å². The minimum absolute atomic E-state index is 0.00906. The third-order valence-electron chi connectivity index (χ3n) is 5.74. The Labute approximate surface area is 198 Å². The minimum atomic E-state index is -0.761. The number of ether oxygens (including phenoxy) is 1. The first-order valence-electron chi connectivity index (χ1n) is 11.2. The zero-order valence-electron chi connectivity index (χ0n) is 19.4. The normalized spacial score (nSPS) is 16.0. The standard InChI is InChI=1S/C27H28N2O5/c1-4-15-33-20-11-7-10-19(16-20)24-23(26(31)27(32)29(24)14-8-13-28(2)3)25(30)22-17-18-9-5-6-12-21(18)34-22/h4-7,9-12,16-17,24,31H,1,8,13-15H2,2-3H3. The minimum Gasteiger partial charge on any atom is -0.503 e. The van der Waals surface area contributed by atoms with Crippen molar-refractivity contribution < 1.29 is 23.8 Å². The number of ketones is 1. The van der Waals surface area contributed by atoms with Gasteiger partial charge in [-0.05, 0) is 56.9 Å². The van der Waals surface area contributed by atoms with Crippen LogP contribution in [0.5, 0.6) is 5.75 Å². The van der Waals surface area contributed by atoms with Crippen molar-refractivity contribution in [3.05, 3.63) is 89.9 Å². The van der Waals surface area contributed by atoms with E-state index in [0.29, 0.717) is 36.5 Å². The monoisotopic (exact) mass is 460 g/mol. The van der Waals surface area contributed by atoms with Gasteiger partial charge in [-0.25, -0.2) is 0 Å². The number of carbonyl (C=O) groups excluding carboxylic acids is 2. The second-order valence-electron chi connectivity index (χ2n) is 8.47. The highest BCUT2D eigenvalue weighted by molar-refractivity contribution is 6.16. The van der Waals surface area contributed by atoms with Crippen LogP contribution in [-0.2, 0) is 4.79 Å². The fraction of sp³-hybridized carbons (Fsp3) is 0.259. The van der Waals surface area contributed by atoms with Crippen LogP contribution >= 0.6 is 0 Å². The number of nitrogens with zero attached hydrogens (tertiary/aromatic N) is 2. The van der Waals surface area contributed by atoms with E-state index in [2.05, 4.69) is 6.58 Å². The maximum atomic E-state index is 13.6. The molecule has 1 amide bonds. The second kappa shape index (κ2) is 9.97. The lowest BCUT2D eigenvalue weighted by Gasteiger charge is -2.27. The predicted octanol–water partition coefficient (Wildman–Crippen LogP) is 4.53. The Kier molecular flexibility index (Phi) is 6.84. The van der Waals surface area contributed by atoms with E-state index in [1.54, 1.807) is 41.3 Å². The number of amides is 1. The SMILES string of the molecule is C=CCOc1cccc(C2C(C(=O)c3cc4ccccc4o3)=C(O)C(=O)N2CCCN(C)C)c1. The summed E-state index contributed by atoms with van der Waals surface area (Å²) in [4.78, 5) is 30.3. The van der Waals surface area contributed by atoms with Crippen LogP contribution in [0.3, 0.4) is 0 Å². The van der Waals surface area contributed by atoms with Crippen molar-refractivity contribution in [3.8, 4) is 5.75 Å². The summed E-state index contributed by atoms with van der Waals surface area (Å²) in [6, 6.07) is 15.4. The largest absolute Gasteiger partial charge is 0.503 e. The van der Waals surface area contributed by atoms with Crippen molar-refractivity contribution in [2.45, 2.75) is 12.5 Å². The first kappa shape index (κ1) is 23.3. The Morgan fingerprint density at radius 1 is 1.21 bits per heavy atom. The lowest BCUT2D eigenvalue weighted by Crippen LogP contribution is -2.33. The van der Waals surface area contributed by atoms with E-state index in [9.17, 15) is 14.7 Å². The maximum Gasteiger partial charge on any atom is 0.290 e. The number of furan rings is 1. The van der Waals surface area contributed by atoms with Crippen LogP contribution in [0.25, 0.3) is 11.0 Å². The molecular weight excluding hydrogens is 432 g/mol. The molecule has 4 rings (SSSR count). The summed E-state index contributed by atoms with van der Waals surface area (Å²) >= 11 is 0. The van der Waals surface area contributed by atoms with Gasteiger partial charge in [0.1, 0.15) is 17.9 Å². The molecule has 1 aliphatic heterocycles. The number of fused-ring (bicyclic) bond motifs is 1. The average Bonchev–Trinajstić information content (AvgIpc) is 3.37. The molecule has 7 nitrogen and oxygen atoms in total. The van der Waals surface area contributed by atoms with Crippen LogP contribution in [0, 0.1) is 0 Å². The number of benzene rings is 2. The summed E-state index contributed by atoms with van der Waals surface area (Å²) in [6.07, 6.45) is 2.32. The Bertz CT molecular complexity index is 1220. The molecule has 0 spiro atoms. The Morgan fingerprint density at radius 3 is 2.74 bits per heavy atom. The highest BCUT2D eigenvalue weighted by Crippen LogP contribution is 2.40. The highest BCUT2D eigenvalue weighted by atomic mass is 16.5. The molecule has 0 aliphatic carbocycles. The highest BCUT2D eigenvalue weighted by Gasteiger charge is 2.44. The van der Waals surface area contributed by atoms with Crippen LogP contribution in [0.1, 0.15) is 28.6 Å².